The molecular weight excluding hydrogens is 248 g/mol. The van der Waals surface area contributed by atoms with Crippen LogP contribution in [0.2, 0.25) is 0 Å². The van der Waals surface area contributed by atoms with Crippen LogP contribution >= 0.6 is 11.8 Å². The summed E-state index contributed by atoms with van der Waals surface area (Å²) in [5.41, 5.74) is 1.21. The van der Waals surface area contributed by atoms with Crippen molar-refractivity contribution in [1.29, 1.82) is 0 Å². The summed E-state index contributed by atoms with van der Waals surface area (Å²) >= 11 is 1.51. The Balaban J connectivity index is 1.84. The van der Waals surface area contributed by atoms with Crippen molar-refractivity contribution in [1.82, 2.24) is 10.2 Å². The topological polar surface area (TPSA) is 49.4 Å². The predicted molar refractivity (Wildman–Crippen MR) is 71.5 cm³/mol. The van der Waals surface area contributed by atoms with E-state index >= 15 is 0 Å². The van der Waals surface area contributed by atoms with Crippen molar-refractivity contribution < 1.29 is 9.59 Å². The van der Waals surface area contributed by atoms with Gasteiger partial charge in [0.25, 0.3) is 0 Å². The van der Waals surface area contributed by atoms with Gasteiger partial charge in [0.2, 0.25) is 11.8 Å². The Hall–Kier alpha value is -1.49. The Kier molecular flexibility index (Phi) is 4.25. The third-order valence-electron chi connectivity index (χ3n) is 2.77. The minimum absolute atomic E-state index is 0.0235. The first kappa shape index (κ1) is 13.0. The Morgan fingerprint density at radius 2 is 2.11 bits per heavy atom. The molecule has 4 nitrogen and oxygen atoms in total. The molecule has 1 aromatic rings. The quantitative estimate of drug-likeness (QED) is 0.830. The molecule has 0 bridgehead atoms. The van der Waals surface area contributed by atoms with Crippen LogP contribution in [0.4, 0.5) is 0 Å². The molecule has 1 N–H and O–H groups in total. The van der Waals surface area contributed by atoms with E-state index in [1.807, 2.05) is 31.2 Å². The molecule has 1 aliphatic rings. The van der Waals surface area contributed by atoms with Crippen molar-refractivity contribution in [3.05, 3.63) is 29.8 Å². The lowest BCUT2D eigenvalue weighted by molar-refractivity contribution is -0.136. The van der Waals surface area contributed by atoms with E-state index in [0.717, 1.165) is 4.90 Å². The number of thioether (sulfide) groups is 1. The molecule has 96 valence electrons. The predicted octanol–water partition coefficient (Wildman–Crippen LogP) is 1.05. The Labute approximate surface area is 111 Å². The Bertz CT molecular complexity index is 445. The van der Waals surface area contributed by atoms with Crippen LogP contribution in [0.1, 0.15) is 5.56 Å². The Morgan fingerprint density at radius 1 is 1.39 bits per heavy atom. The summed E-state index contributed by atoms with van der Waals surface area (Å²) in [6.07, 6.45) is 0. The fourth-order valence-corrected chi connectivity index (χ4v) is 2.52. The summed E-state index contributed by atoms with van der Waals surface area (Å²) in [4.78, 5) is 25.8. The highest BCUT2D eigenvalue weighted by Gasteiger charge is 2.20. The maximum Gasteiger partial charge on any atom is 0.239 e. The zero-order valence-corrected chi connectivity index (χ0v) is 11.1. The minimum Gasteiger partial charge on any atom is -0.353 e. The third-order valence-corrected chi connectivity index (χ3v) is 3.77. The highest BCUT2D eigenvalue weighted by molar-refractivity contribution is 8.00. The van der Waals surface area contributed by atoms with E-state index in [-0.39, 0.29) is 18.4 Å². The van der Waals surface area contributed by atoms with Crippen LogP contribution in [-0.4, -0.2) is 42.1 Å². The standard InChI is InChI=1S/C13H16N2O2S/c1-10-2-4-11(5-3-10)18-9-13(17)15-7-6-14-12(16)8-15/h2-5H,6-9H2,1H3,(H,14,16). The Morgan fingerprint density at radius 3 is 2.78 bits per heavy atom. The second-order valence-electron chi connectivity index (χ2n) is 4.27. The average molecular weight is 264 g/mol. The van der Waals surface area contributed by atoms with Crippen molar-refractivity contribution in [2.45, 2.75) is 11.8 Å². The molecule has 1 fully saturated rings. The summed E-state index contributed by atoms with van der Waals surface area (Å²) in [6, 6.07) is 8.08. The molecule has 0 unspecified atom stereocenters. The number of carbonyl (C=O) groups excluding carboxylic acids is 2. The number of benzene rings is 1. The molecule has 1 heterocycles. The number of amides is 2. The van der Waals surface area contributed by atoms with Crippen molar-refractivity contribution in [3.63, 3.8) is 0 Å². The van der Waals surface area contributed by atoms with Crippen molar-refractivity contribution in [2.75, 3.05) is 25.4 Å². The van der Waals surface area contributed by atoms with E-state index in [2.05, 4.69) is 5.32 Å². The highest BCUT2D eigenvalue weighted by atomic mass is 32.2. The molecule has 0 aliphatic carbocycles. The smallest absolute Gasteiger partial charge is 0.239 e. The van der Waals surface area contributed by atoms with Gasteiger partial charge in [0, 0.05) is 18.0 Å². The van der Waals surface area contributed by atoms with Crippen LogP contribution in [0, 0.1) is 6.92 Å². The van der Waals surface area contributed by atoms with Crippen molar-refractivity contribution >= 4 is 23.6 Å². The van der Waals surface area contributed by atoms with Gasteiger partial charge in [0.1, 0.15) is 0 Å². The van der Waals surface area contributed by atoms with Crippen LogP contribution < -0.4 is 5.32 Å². The molecule has 18 heavy (non-hydrogen) atoms. The summed E-state index contributed by atoms with van der Waals surface area (Å²) in [5.74, 6) is 0.335. The first-order chi connectivity index (χ1) is 8.65. The zero-order valence-electron chi connectivity index (χ0n) is 10.3. The lowest BCUT2D eigenvalue weighted by Gasteiger charge is -2.26. The molecule has 0 atom stereocenters. The SMILES string of the molecule is Cc1ccc(SCC(=O)N2CCNC(=O)C2)cc1. The molecule has 2 amide bonds. The van der Waals surface area contributed by atoms with Gasteiger partial charge in [-0.25, -0.2) is 0 Å². The van der Waals surface area contributed by atoms with Gasteiger partial charge >= 0.3 is 0 Å². The van der Waals surface area contributed by atoms with Gasteiger partial charge in [0.15, 0.2) is 0 Å². The molecule has 0 aromatic heterocycles. The number of nitrogens with one attached hydrogen (secondary N) is 1. The fourth-order valence-electron chi connectivity index (χ4n) is 1.72. The van der Waals surface area contributed by atoms with E-state index in [1.165, 1.54) is 17.3 Å². The summed E-state index contributed by atoms with van der Waals surface area (Å²) in [7, 11) is 0. The first-order valence-corrected chi connectivity index (χ1v) is 6.87. The number of hydrogen-bond donors (Lipinski definition) is 1. The molecule has 1 saturated heterocycles. The van der Waals surface area contributed by atoms with Gasteiger partial charge in [-0.15, -0.1) is 11.8 Å². The van der Waals surface area contributed by atoms with Crippen LogP contribution in [0.25, 0.3) is 0 Å². The van der Waals surface area contributed by atoms with Crippen molar-refractivity contribution in [3.8, 4) is 0 Å². The molecule has 2 rings (SSSR count). The second-order valence-corrected chi connectivity index (χ2v) is 5.32. The molecule has 0 saturated carbocycles. The zero-order chi connectivity index (χ0) is 13.0. The number of aryl methyl sites for hydroxylation is 1. The number of carbonyl (C=O) groups is 2. The maximum atomic E-state index is 11.9. The van der Waals surface area contributed by atoms with Gasteiger partial charge in [-0.1, -0.05) is 17.7 Å². The molecule has 5 heteroatoms. The first-order valence-electron chi connectivity index (χ1n) is 5.89. The monoisotopic (exact) mass is 264 g/mol. The molecule has 0 radical (unpaired) electrons. The number of nitrogens with zero attached hydrogens (tertiary/aromatic N) is 1. The molecular formula is C13H16N2O2S. The lowest BCUT2D eigenvalue weighted by atomic mass is 10.2. The number of rotatable bonds is 3. The molecule has 0 spiro atoms. The van der Waals surface area contributed by atoms with Gasteiger partial charge in [-0.3, -0.25) is 9.59 Å². The lowest BCUT2D eigenvalue weighted by Crippen LogP contribution is -2.50. The van der Waals surface area contributed by atoms with Crippen LogP contribution in [0.3, 0.4) is 0 Å². The summed E-state index contributed by atoms with van der Waals surface area (Å²) in [5, 5.41) is 2.71. The van der Waals surface area contributed by atoms with Gasteiger partial charge < -0.3 is 10.2 Å². The van der Waals surface area contributed by atoms with Gasteiger partial charge in [-0.05, 0) is 19.1 Å². The largest absolute Gasteiger partial charge is 0.353 e. The third kappa shape index (κ3) is 3.50. The summed E-state index contributed by atoms with van der Waals surface area (Å²) < 4.78 is 0. The average Bonchev–Trinajstić information content (AvgIpc) is 2.38. The number of hydrogen-bond acceptors (Lipinski definition) is 3. The van der Waals surface area contributed by atoms with Crippen molar-refractivity contribution in [2.24, 2.45) is 0 Å². The van der Waals surface area contributed by atoms with Crippen LogP contribution in [0.5, 0.6) is 0 Å². The van der Waals surface area contributed by atoms with E-state index in [4.69, 9.17) is 0 Å². The fraction of sp³-hybridized carbons (Fsp3) is 0.385. The highest BCUT2D eigenvalue weighted by Crippen LogP contribution is 2.18. The van der Waals surface area contributed by atoms with E-state index < -0.39 is 0 Å². The van der Waals surface area contributed by atoms with Gasteiger partial charge in [-0.2, -0.15) is 0 Å². The van der Waals surface area contributed by atoms with Crippen LogP contribution in [0.15, 0.2) is 29.2 Å². The van der Waals surface area contributed by atoms with Gasteiger partial charge in [0.05, 0.1) is 12.3 Å². The number of piperazine rings is 1. The van der Waals surface area contributed by atoms with E-state index in [0.29, 0.717) is 18.8 Å². The molecule has 1 aliphatic heterocycles. The maximum absolute atomic E-state index is 11.9. The van der Waals surface area contributed by atoms with E-state index in [9.17, 15) is 9.59 Å². The summed E-state index contributed by atoms with van der Waals surface area (Å²) in [6.45, 7) is 3.39. The second kappa shape index (κ2) is 5.91. The minimum atomic E-state index is -0.0741. The van der Waals surface area contributed by atoms with Crippen LogP contribution in [-0.2, 0) is 9.59 Å². The molecule has 1 aromatic carbocycles. The van der Waals surface area contributed by atoms with E-state index in [1.54, 1.807) is 4.90 Å². The normalized spacial score (nSPS) is 15.4.